The lowest BCUT2D eigenvalue weighted by Crippen LogP contribution is -2.20. The van der Waals surface area contributed by atoms with E-state index in [4.69, 9.17) is 16.9 Å². The van der Waals surface area contributed by atoms with Gasteiger partial charge in [0, 0.05) is 6.54 Å². The molecule has 0 radical (unpaired) electrons. The van der Waals surface area contributed by atoms with E-state index in [0.29, 0.717) is 11.6 Å². The van der Waals surface area contributed by atoms with Crippen molar-refractivity contribution in [3.05, 3.63) is 29.3 Å². The molecule has 1 aromatic carbocycles. The molecule has 0 N–H and O–H groups in total. The van der Waals surface area contributed by atoms with Gasteiger partial charge in [0.2, 0.25) is 0 Å². The van der Waals surface area contributed by atoms with Crippen LogP contribution in [0.3, 0.4) is 0 Å². The van der Waals surface area contributed by atoms with Crippen molar-refractivity contribution in [1.29, 1.82) is 5.26 Å². The first kappa shape index (κ1) is 10.0. The average Bonchev–Trinajstić information content (AvgIpc) is 2.60. The summed E-state index contributed by atoms with van der Waals surface area (Å²) in [6.07, 6.45) is 0. The number of carbonyl (C=O) groups is 1. The van der Waals surface area contributed by atoms with Crippen LogP contribution < -0.4 is 4.90 Å². The molecule has 1 aromatic rings. The van der Waals surface area contributed by atoms with E-state index in [-0.39, 0.29) is 12.3 Å². The molecule has 1 aliphatic heterocycles. The number of Topliss-reactive ketones (excluding diaryl/α,β-unsaturated/α-hetero) is 1. The summed E-state index contributed by atoms with van der Waals surface area (Å²) >= 11 is 6.01. The molecule has 1 atom stereocenters. The molecule has 2 rings (SSSR count). The van der Waals surface area contributed by atoms with E-state index in [1.54, 1.807) is 6.07 Å². The maximum atomic E-state index is 11.4. The summed E-state index contributed by atoms with van der Waals surface area (Å²) in [5, 5.41) is 9.35. The van der Waals surface area contributed by atoms with Crippen molar-refractivity contribution in [2.75, 3.05) is 18.0 Å². The van der Waals surface area contributed by atoms with Gasteiger partial charge in [-0.25, -0.2) is 0 Å². The van der Waals surface area contributed by atoms with Crippen LogP contribution in [0.4, 0.5) is 5.69 Å². The Labute approximate surface area is 92.9 Å². The molecule has 1 heterocycles. The molecular formula is C11H9ClN2O. The van der Waals surface area contributed by atoms with Gasteiger partial charge in [-0.05, 0) is 12.1 Å². The fraction of sp³-hybridized carbons (Fsp3) is 0.273. The number of carbonyl (C=O) groups excluding carboxylic acids is 1. The molecule has 0 spiro atoms. The van der Waals surface area contributed by atoms with Crippen LogP contribution in [0, 0.1) is 17.2 Å². The molecule has 3 nitrogen and oxygen atoms in total. The van der Waals surface area contributed by atoms with Gasteiger partial charge in [0.05, 0.1) is 23.3 Å². The standard InChI is InChI=1S/C11H9ClN2O/c12-9-3-1-2-4-10(9)14-6-8(5-13)11(15)7-14/h1-4,8H,6-7H2. The topological polar surface area (TPSA) is 44.1 Å². The van der Waals surface area contributed by atoms with E-state index >= 15 is 0 Å². The second-order valence-corrected chi connectivity index (χ2v) is 3.89. The van der Waals surface area contributed by atoms with Gasteiger partial charge in [-0.1, -0.05) is 23.7 Å². The van der Waals surface area contributed by atoms with Crippen LogP contribution in [0.1, 0.15) is 0 Å². The average molecular weight is 221 g/mol. The molecule has 0 saturated carbocycles. The molecule has 1 aliphatic rings. The predicted molar refractivity (Wildman–Crippen MR) is 57.8 cm³/mol. The number of para-hydroxylation sites is 1. The highest BCUT2D eigenvalue weighted by atomic mass is 35.5. The number of benzene rings is 1. The lowest BCUT2D eigenvalue weighted by Gasteiger charge is -2.17. The summed E-state index contributed by atoms with van der Waals surface area (Å²) in [4.78, 5) is 13.2. The Balaban J connectivity index is 2.25. The summed E-state index contributed by atoms with van der Waals surface area (Å²) in [6.45, 7) is 0.723. The van der Waals surface area contributed by atoms with Crippen LogP contribution in [0.15, 0.2) is 24.3 Å². The van der Waals surface area contributed by atoms with Gasteiger partial charge in [-0.15, -0.1) is 0 Å². The number of hydrogen-bond acceptors (Lipinski definition) is 3. The molecule has 0 aliphatic carbocycles. The molecule has 0 aromatic heterocycles. The largest absolute Gasteiger partial charge is 0.361 e. The van der Waals surface area contributed by atoms with Crippen molar-refractivity contribution in [3.63, 3.8) is 0 Å². The number of rotatable bonds is 1. The Morgan fingerprint density at radius 3 is 2.80 bits per heavy atom. The van der Waals surface area contributed by atoms with Crippen LogP contribution in [-0.2, 0) is 4.79 Å². The minimum atomic E-state index is -0.513. The third-order valence-corrected chi connectivity index (χ3v) is 2.81. The van der Waals surface area contributed by atoms with E-state index in [9.17, 15) is 4.79 Å². The Morgan fingerprint density at radius 2 is 2.20 bits per heavy atom. The summed E-state index contributed by atoms with van der Waals surface area (Å²) in [6, 6.07) is 9.34. The highest BCUT2D eigenvalue weighted by Gasteiger charge is 2.31. The van der Waals surface area contributed by atoms with E-state index in [1.165, 1.54) is 0 Å². The molecule has 1 fully saturated rings. The van der Waals surface area contributed by atoms with Gasteiger partial charge in [0.15, 0.2) is 5.78 Å². The first-order chi connectivity index (χ1) is 7.22. The lowest BCUT2D eigenvalue weighted by molar-refractivity contribution is -0.118. The number of nitriles is 1. The predicted octanol–water partition coefficient (Wildman–Crippen LogP) is 1.87. The first-order valence-electron chi connectivity index (χ1n) is 4.64. The van der Waals surface area contributed by atoms with Gasteiger partial charge in [-0.2, -0.15) is 5.26 Å². The Kier molecular flexibility index (Phi) is 2.61. The smallest absolute Gasteiger partial charge is 0.170 e. The minimum absolute atomic E-state index is 0.0302. The van der Waals surface area contributed by atoms with Gasteiger partial charge in [-0.3, -0.25) is 4.79 Å². The van der Waals surface area contributed by atoms with Crippen LogP contribution in [0.5, 0.6) is 0 Å². The van der Waals surface area contributed by atoms with Crippen molar-refractivity contribution >= 4 is 23.1 Å². The van der Waals surface area contributed by atoms with Crippen molar-refractivity contribution in [2.24, 2.45) is 5.92 Å². The Bertz CT molecular complexity index is 438. The number of hydrogen-bond donors (Lipinski definition) is 0. The van der Waals surface area contributed by atoms with Crippen molar-refractivity contribution in [1.82, 2.24) is 0 Å². The monoisotopic (exact) mass is 220 g/mol. The number of ketones is 1. The zero-order valence-corrected chi connectivity index (χ0v) is 8.74. The molecule has 76 valence electrons. The van der Waals surface area contributed by atoms with Crippen LogP contribution in [0.2, 0.25) is 5.02 Å². The summed E-state index contributed by atoms with van der Waals surface area (Å²) in [5.74, 6) is -0.543. The Morgan fingerprint density at radius 1 is 1.47 bits per heavy atom. The molecular weight excluding hydrogens is 212 g/mol. The highest BCUT2D eigenvalue weighted by molar-refractivity contribution is 6.33. The van der Waals surface area contributed by atoms with Gasteiger partial charge < -0.3 is 4.90 Å². The Hall–Kier alpha value is -1.53. The SMILES string of the molecule is N#CC1CN(c2ccccc2Cl)CC1=O. The molecule has 1 unspecified atom stereocenters. The van der Waals surface area contributed by atoms with Crippen LogP contribution in [0.25, 0.3) is 0 Å². The number of nitrogens with zero attached hydrogens (tertiary/aromatic N) is 2. The summed E-state index contributed by atoms with van der Waals surface area (Å²) < 4.78 is 0. The van der Waals surface area contributed by atoms with Crippen LogP contribution >= 0.6 is 11.6 Å². The second kappa shape index (κ2) is 3.92. The van der Waals surface area contributed by atoms with Crippen molar-refractivity contribution in [3.8, 4) is 6.07 Å². The second-order valence-electron chi connectivity index (χ2n) is 3.48. The number of anilines is 1. The van der Waals surface area contributed by atoms with E-state index in [1.807, 2.05) is 29.2 Å². The fourth-order valence-corrected chi connectivity index (χ4v) is 1.94. The quantitative estimate of drug-likeness (QED) is 0.726. The normalized spacial score (nSPS) is 20.4. The fourth-order valence-electron chi connectivity index (χ4n) is 1.69. The van der Waals surface area contributed by atoms with Gasteiger partial charge >= 0.3 is 0 Å². The maximum absolute atomic E-state index is 11.4. The van der Waals surface area contributed by atoms with Gasteiger partial charge in [0.1, 0.15) is 5.92 Å². The highest BCUT2D eigenvalue weighted by Crippen LogP contribution is 2.28. The van der Waals surface area contributed by atoms with Crippen molar-refractivity contribution < 1.29 is 4.79 Å². The minimum Gasteiger partial charge on any atom is -0.361 e. The third kappa shape index (κ3) is 1.81. The third-order valence-electron chi connectivity index (χ3n) is 2.49. The molecule has 1 saturated heterocycles. The zero-order chi connectivity index (χ0) is 10.8. The lowest BCUT2D eigenvalue weighted by atomic mass is 10.1. The first-order valence-corrected chi connectivity index (χ1v) is 5.02. The summed E-state index contributed by atoms with van der Waals surface area (Å²) in [7, 11) is 0. The van der Waals surface area contributed by atoms with Crippen LogP contribution in [-0.4, -0.2) is 18.9 Å². The maximum Gasteiger partial charge on any atom is 0.170 e. The van der Waals surface area contributed by atoms with E-state index in [2.05, 4.69) is 0 Å². The number of halogens is 1. The molecule has 0 bridgehead atoms. The van der Waals surface area contributed by atoms with Crippen molar-refractivity contribution in [2.45, 2.75) is 0 Å². The summed E-state index contributed by atoms with van der Waals surface area (Å²) in [5.41, 5.74) is 0.824. The molecule has 0 amide bonds. The van der Waals surface area contributed by atoms with E-state index in [0.717, 1.165) is 5.69 Å². The molecule has 15 heavy (non-hydrogen) atoms. The van der Waals surface area contributed by atoms with Gasteiger partial charge in [0.25, 0.3) is 0 Å². The molecule has 4 heteroatoms. The van der Waals surface area contributed by atoms with E-state index < -0.39 is 5.92 Å². The zero-order valence-electron chi connectivity index (χ0n) is 7.98.